The van der Waals surface area contributed by atoms with E-state index in [1.165, 1.54) is 4.90 Å². The van der Waals surface area contributed by atoms with E-state index in [1.807, 2.05) is 6.92 Å². The highest BCUT2D eigenvalue weighted by Crippen LogP contribution is 2.28. The lowest BCUT2D eigenvalue weighted by atomic mass is 9.94. The Balaban J connectivity index is 1.61. The average Bonchev–Trinajstić information content (AvgIpc) is 3.10. The summed E-state index contributed by atoms with van der Waals surface area (Å²) in [5.41, 5.74) is 1.57. The second kappa shape index (κ2) is 11.1. The van der Waals surface area contributed by atoms with Crippen LogP contribution >= 0.6 is 11.6 Å². The fourth-order valence-electron chi connectivity index (χ4n) is 3.71. The van der Waals surface area contributed by atoms with Gasteiger partial charge in [0.25, 0.3) is 0 Å². The topological polar surface area (TPSA) is 128 Å². The molecule has 1 aromatic carbocycles. The first-order valence-corrected chi connectivity index (χ1v) is 11.9. The largest absolute Gasteiger partial charge is 0.487 e. The third-order valence-corrected chi connectivity index (χ3v) is 5.82. The molecule has 1 fully saturated rings. The molecule has 1 N–H and O–H groups in total. The van der Waals surface area contributed by atoms with E-state index in [0.717, 1.165) is 11.3 Å². The number of piperidine rings is 1. The Bertz CT molecular complexity index is 1150. The molecule has 1 saturated heterocycles. The first kappa shape index (κ1) is 27.2. The van der Waals surface area contributed by atoms with E-state index in [0.29, 0.717) is 22.1 Å². The van der Waals surface area contributed by atoms with Crippen molar-refractivity contribution in [1.82, 2.24) is 15.4 Å². The van der Waals surface area contributed by atoms with Gasteiger partial charge in [-0.15, -0.1) is 0 Å². The van der Waals surface area contributed by atoms with Crippen LogP contribution in [-0.4, -0.2) is 52.3 Å². The molecule has 0 saturated carbocycles. The van der Waals surface area contributed by atoms with E-state index in [2.05, 4.69) is 10.5 Å². The number of likely N-dealkylation sites (tertiary alicyclic amines) is 1. The van der Waals surface area contributed by atoms with Crippen molar-refractivity contribution in [2.24, 2.45) is 5.92 Å². The van der Waals surface area contributed by atoms with Crippen LogP contribution in [0.15, 0.2) is 22.7 Å². The van der Waals surface area contributed by atoms with Crippen molar-refractivity contribution in [2.75, 3.05) is 13.1 Å². The molecule has 36 heavy (non-hydrogen) atoms. The number of rotatable bonds is 8. The highest BCUT2D eigenvalue weighted by Gasteiger charge is 2.40. The SMILES string of the molecule is Cc1noc(C)c1COc1ccc(CN2CCC(=O)C(C(=O)NCC(=O)OC(C)(C)C)C2=O)cc1Cl. The Morgan fingerprint density at radius 1 is 1.25 bits per heavy atom. The van der Waals surface area contributed by atoms with Crippen molar-refractivity contribution >= 4 is 35.2 Å². The normalized spacial score (nSPS) is 16.2. The van der Waals surface area contributed by atoms with Crippen LogP contribution in [0.4, 0.5) is 0 Å². The Kier molecular flexibility index (Phi) is 8.39. The molecule has 2 heterocycles. The predicted octanol–water partition coefficient (Wildman–Crippen LogP) is 2.90. The molecule has 194 valence electrons. The molecule has 0 radical (unpaired) electrons. The highest BCUT2D eigenvalue weighted by atomic mass is 35.5. The smallest absolute Gasteiger partial charge is 0.325 e. The minimum Gasteiger partial charge on any atom is -0.487 e. The second-order valence-electron chi connectivity index (χ2n) is 9.57. The van der Waals surface area contributed by atoms with E-state index < -0.39 is 41.6 Å². The van der Waals surface area contributed by atoms with Crippen molar-refractivity contribution in [3.63, 3.8) is 0 Å². The van der Waals surface area contributed by atoms with Gasteiger partial charge in [0.1, 0.15) is 30.3 Å². The van der Waals surface area contributed by atoms with E-state index in [-0.39, 0.29) is 26.1 Å². The van der Waals surface area contributed by atoms with Gasteiger partial charge in [0.15, 0.2) is 11.7 Å². The Morgan fingerprint density at radius 2 is 1.97 bits per heavy atom. The molecule has 10 nitrogen and oxygen atoms in total. The third kappa shape index (κ3) is 6.84. The van der Waals surface area contributed by atoms with Crippen LogP contribution in [0, 0.1) is 19.8 Å². The lowest BCUT2D eigenvalue weighted by Crippen LogP contribution is -2.52. The molecule has 1 aromatic heterocycles. The number of nitrogens with one attached hydrogen (secondary N) is 1. The van der Waals surface area contributed by atoms with E-state index in [9.17, 15) is 19.2 Å². The summed E-state index contributed by atoms with van der Waals surface area (Å²) in [6.07, 6.45) is 0.0304. The number of nitrogens with zero attached hydrogens (tertiary/aromatic N) is 2. The van der Waals surface area contributed by atoms with Crippen LogP contribution in [0.5, 0.6) is 5.75 Å². The van der Waals surface area contributed by atoms with Gasteiger partial charge in [0.2, 0.25) is 11.8 Å². The van der Waals surface area contributed by atoms with E-state index >= 15 is 0 Å². The van der Waals surface area contributed by atoms with Crippen molar-refractivity contribution in [1.29, 1.82) is 0 Å². The number of benzene rings is 1. The maximum absolute atomic E-state index is 13.0. The number of halogens is 1. The number of hydrogen-bond acceptors (Lipinski definition) is 8. The lowest BCUT2D eigenvalue weighted by molar-refractivity contribution is -0.157. The van der Waals surface area contributed by atoms with Crippen molar-refractivity contribution in [2.45, 2.75) is 59.8 Å². The second-order valence-corrected chi connectivity index (χ2v) is 9.98. The summed E-state index contributed by atoms with van der Waals surface area (Å²) in [6.45, 7) is 8.86. The van der Waals surface area contributed by atoms with Gasteiger partial charge in [-0.3, -0.25) is 19.2 Å². The molecule has 1 atom stereocenters. The van der Waals surface area contributed by atoms with Gasteiger partial charge in [-0.2, -0.15) is 0 Å². The maximum Gasteiger partial charge on any atom is 0.325 e. The van der Waals surface area contributed by atoms with E-state index in [4.69, 9.17) is 25.6 Å². The minimum absolute atomic E-state index is 0.0304. The summed E-state index contributed by atoms with van der Waals surface area (Å²) in [5.74, 6) is -2.96. The summed E-state index contributed by atoms with van der Waals surface area (Å²) in [7, 11) is 0. The molecule has 0 bridgehead atoms. The summed E-state index contributed by atoms with van der Waals surface area (Å²) in [6, 6.07) is 5.13. The molecule has 0 spiro atoms. The zero-order valence-electron chi connectivity index (χ0n) is 21.0. The molecule has 1 aliphatic rings. The molecule has 0 aliphatic carbocycles. The number of Topliss-reactive ketones (excluding diaryl/α,β-unsaturated/α-hetero) is 1. The lowest BCUT2D eigenvalue weighted by Gasteiger charge is -2.31. The van der Waals surface area contributed by atoms with Gasteiger partial charge < -0.3 is 24.2 Å². The van der Waals surface area contributed by atoms with Gasteiger partial charge in [0.05, 0.1) is 16.3 Å². The van der Waals surface area contributed by atoms with Gasteiger partial charge in [-0.1, -0.05) is 22.8 Å². The van der Waals surface area contributed by atoms with Crippen LogP contribution in [0.2, 0.25) is 5.02 Å². The molecule has 11 heteroatoms. The fourth-order valence-corrected chi connectivity index (χ4v) is 3.97. The molecular weight excluding hydrogens is 490 g/mol. The number of ether oxygens (including phenoxy) is 2. The number of carbonyl (C=O) groups excluding carboxylic acids is 4. The Labute approximate surface area is 214 Å². The van der Waals surface area contributed by atoms with E-state index in [1.54, 1.807) is 45.9 Å². The van der Waals surface area contributed by atoms with Gasteiger partial charge in [-0.25, -0.2) is 0 Å². The van der Waals surface area contributed by atoms with Crippen molar-refractivity contribution in [3.05, 3.63) is 45.8 Å². The quantitative estimate of drug-likeness (QED) is 0.416. The average molecular weight is 520 g/mol. The van der Waals surface area contributed by atoms with Crippen LogP contribution < -0.4 is 10.1 Å². The van der Waals surface area contributed by atoms with Crippen LogP contribution in [0.25, 0.3) is 0 Å². The number of aryl methyl sites for hydroxylation is 2. The minimum atomic E-state index is -1.51. The zero-order chi connectivity index (χ0) is 26.6. The number of ketones is 1. The first-order valence-electron chi connectivity index (χ1n) is 11.5. The van der Waals surface area contributed by atoms with Gasteiger partial charge >= 0.3 is 5.97 Å². The maximum atomic E-state index is 13.0. The molecular formula is C25H30ClN3O7. The Hall–Kier alpha value is -3.40. The van der Waals surface area contributed by atoms with Crippen LogP contribution in [0.1, 0.15) is 49.8 Å². The standard InChI is InChI=1S/C25H30ClN3O7/c1-14-17(15(2)36-28-14)13-34-20-7-6-16(10-18(20)26)12-29-9-8-19(30)22(24(29)33)23(32)27-11-21(31)35-25(3,4)5/h6-7,10,22H,8-9,11-13H2,1-5H3,(H,27,32). The summed E-state index contributed by atoms with van der Waals surface area (Å²) in [5, 5.41) is 6.59. The number of esters is 1. The fraction of sp³-hybridized carbons (Fsp3) is 0.480. The molecule has 2 aromatic rings. The number of amides is 2. The highest BCUT2D eigenvalue weighted by molar-refractivity contribution is 6.32. The van der Waals surface area contributed by atoms with Gasteiger partial charge in [0, 0.05) is 19.5 Å². The van der Waals surface area contributed by atoms with Crippen molar-refractivity contribution < 1.29 is 33.2 Å². The molecule has 2 amide bonds. The van der Waals surface area contributed by atoms with Crippen molar-refractivity contribution in [3.8, 4) is 5.75 Å². The molecule has 1 aliphatic heterocycles. The summed E-state index contributed by atoms with van der Waals surface area (Å²) >= 11 is 6.39. The van der Waals surface area contributed by atoms with Crippen LogP contribution in [0.3, 0.4) is 0 Å². The predicted molar refractivity (Wildman–Crippen MR) is 129 cm³/mol. The molecule has 3 rings (SSSR count). The Morgan fingerprint density at radius 3 is 2.58 bits per heavy atom. The van der Waals surface area contributed by atoms with Gasteiger partial charge in [-0.05, 0) is 52.3 Å². The number of hydrogen-bond donors (Lipinski definition) is 1. The third-order valence-electron chi connectivity index (χ3n) is 5.52. The zero-order valence-corrected chi connectivity index (χ0v) is 21.7. The number of aromatic nitrogens is 1. The molecule has 1 unspecified atom stereocenters. The summed E-state index contributed by atoms with van der Waals surface area (Å²) in [4.78, 5) is 51.2. The monoisotopic (exact) mass is 519 g/mol. The summed E-state index contributed by atoms with van der Waals surface area (Å²) < 4.78 is 16.1. The number of carbonyl (C=O) groups is 4. The first-order chi connectivity index (χ1) is 16.9. The van der Waals surface area contributed by atoms with Crippen LogP contribution in [-0.2, 0) is 37.1 Å².